The average molecular weight is 214 g/mol. The van der Waals surface area contributed by atoms with E-state index in [0.717, 1.165) is 17.5 Å². The Labute approximate surface area is 85.0 Å². The van der Waals surface area contributed by atoms with E-state index in [-0.39, 0.29) is 0 Å². The van der Waals surface area contributed by atoms with Crippen molar-refractivity contribution in [3.8, 4) is 0 Å². The highest BCUT2D eigenvalue weighted by molar-refractivity contribution is 7.99. The van der Waals surface area contributed by atoms with E-state index in [1.54, 1.807) is 18.7 Å². The van der Waals surface area contributed by atoms with E-state index in [4.69, 9.17) is 4.74 Å². The molecule has 0 bridgehead atoms. The van der Waals surface area contributed by atoms with E-state index in [9.17, 15) is 4.79 Å². The van der Waals surface area contributed by atoms with Crippen LogP contribution in [-0.2, 0) is 11.3 Å². The summed E-state index contributed by atoms with van der Waals surface area (Å²) in [4.78, 5) is 11.1. The lowest BCUT2D eigenvalue weighted by molar-refractivity contribution is 0.167. The number of anilines is 1. The fraction of sp³-hybridized carbons (Fsp3) is 0.571. The Morgan fingerprint density at radius 1 is 1.71 bits per heavy atom. The summed E-state index contributed by atoms with van der Waals surface area (Å²) in [7, 11) is 0. The number of aromatic nitrogens is 3. The maximum atomic E-state index is 11.1. The van der Waals surface area contributed by atoms with E-state index in [1.807, 2.05) is 4.57 Å². The summed E-state index contributed by atoms with van der Waals surface area (Å²) in [5.74, 6) is 1.44. The highest BCUT2D eigenvalue weighted by Crippen LogP contribution is 2.26. The number of rotatable bonds is 2. The Morgan fingerprint density at radius 3 is 3.36 bits per heavy atom. The second kappa shape index (κ2) is 3.87. The topological polar surface area (TPSA) is 69.0 Å². The molecule has 2 heterocycles. The van der Waals surface area contributed by atoms with Gasteiger partial charge in [-0.2, -0.15) is 0 Å². The molecule has 1 amide bonds. The molecule has 0 saturated heterocycles. The monoisotopic (exact) mass is 214 g/mol. The van der Waals surface area contributed by atoms with E-state index in [0.29, 0.717) is 12.6 Å². The van der Waals surface area contributed by atoms with Crippen molar-refractivity contribution in [2.24, 2.45) is 0 Å². The van der Waals surface area contributed by atoms with Crippen LogP contribution in [0, 0.1) is 0 Å². The minimum atomic E-state index is -0.486. The van der Waals surface area contributed by atoms with Crippen LogP contribution < -0.4 is 5.32 Å². The Hall–Kier alpha value is -1.24. The first-order chi connectivity index (χ1) is 6.81. The van der Waals surface area contributed by atoms with Crippen molar-refractivity contribution in [2.75, 3.05) is 17.7 Å². The Balaban J connectivity index is 2.06. The van der Waals surface area contributed by atoms with E-state index in [2.05, 4.69) is 15.5 Å². The molecule has 14 heavy (non-hydrogen) atoms. The van der Waals surface area contributed by atoms with Gasteiger partial charge in [0.15, 0.2) is 5.16 Å². The lowest BCUT2D eigenvalue weighted by atomic mass is 10.7. The Kier molecular flexibility index (Phi) is 2.58. The third kappa shape index (κ3) is 1.67. The van der Waals surface area contributed by atoms with Crippen molar-refractivity contribution in [1.82, 2.24) is 14.8 Å². The molecule has 0 spiro atoms. The lowest BCUT2D eigenvalue weighted by Gasteiger charge is -2.03. The van der Waals surface area contributed by atoms with E-state index >= 15 is 0 Å². The van der Waals surface area contributed by atoms with E-state index < -0.39 is 6.09 Å². The molecule has 0 fully saturated rings. The van der Waals surface area contributed by atoms with Crippen molar-refractivity contribution in [3.63, 3.8) is 0 Å². The number of thioether (sulfide) groups is 1. The van der Waals surface area contributed by atoms with Crippen LogP contribution in [0.5, 0.6) is 0 Å². The van der Waals surface area contributed by atoms with Crippen LogP contribution >= 0.6 is 11.8 Å². The summed E-state index contributed by atoms with van der Waals surface area (Å²) in [5, 5.41) is 11.1. The fourth-order valence-electron chi connectivity index (χ4n) is 1.18. The summed E-state index contributed by atoms with van der Waals surface area (Å²) in [6, 6.07) is 0. The van der Waals surface area contributed by atoms with Crippen molar-refractivity contribution in [3.05, 3.63) is 0 Å². The van der Waals surface area contributed by atoms with Gasteiger partial charge in [0.25, 0.3) is 0 Å². The smallest absolute Gasteiger partial charge is 0.414 e. The third-order valence-corrected chi connectivity index (χ3v) is 2.70. The zero-order chi connectivity index (χ0) is 9.97. The summed E-state index contributed by atoms with van der Waals surface area (Å²) in [5.41, 5.74) is 0. The zero-order valence-corrected chi connectivity index (χ0v) is 8.50. The van der Waals surface area contributed by atoms with Crippen molar-refractivity contribution in [1.29, 1.82) is 0 Å². The SMILES string of the molecule is CCOC(=O)Nc1nnc2n1CCS2. The maximum Gasteiger partial charge on any atom is 0.414 e. The van der Waals surface area contributed by atoms with Crippen LogP contribution in [0.3, 0.4) is 0 Å². The minimum absolute atomic E-state index is 0.349. The number of hydrogen-bond acceptors (Lipinski definition) is 5. The van der Waals surface area contributed by atoms with Gasteiger partial charge in [-0.3, -0.25) is 9.88 Å². The molecule has 0 radical (unpaired) electrons. The molecule has 76 valence electrons. The molecule has 2 rings (SSSR count). The van der Waals surface area contributed by atoms with Crippen LogP contribution in [0.25, 0.3) is 0 Å². The van der Waals surface area contributed by atoms with Crippen LogP contribution in [0.1, 0.15) is 6.92 Å². The molecule has 0 aromatic carbocycles. The molecule has 0 aliphatic carbocycles. The average Bonchev–Trinajstić information content (AvgIpc) is 2.70. The molecular formula is C7H10N4O2S. The molecular weight excluding hydrogens is 204 g/mol. The van der Waals surface area contributed by atoms with Gasteiger partial charge >= 0.3 is 6.09 Å². The van der Waals surface area contributed by atoms with Gasteiger partial charge in [0.2, 0.25) is 5.95 Å². The summed E-state index contributed by atoms with van der Waals surface area (Å²) in [6.07, 6.45) is -0.486. The number of fused-ring (bicyclic) bond motifs is 1. The first-order valence-electron chi connectivity index (χ1n) is 4.31. The normalized spacial score (nSPS) is 13.8. The molecule has 0 unspecified atom stereocenters. The van der Waals surface area contributed by atoms with Crippen LogP contribution in [-0.4, -0.2) is 33.2 Å². The van der Waals surface area contributed by atoms with Gasteiger partial charge in [0.05, 0.1) is 6.61 Å². The standard InChI is InChI=1S/C7H10N4O2S/c1-2-13-7(12)8-5-9-10-6-11(5)3-4-14-6/h2-4H2,1H3,(H,8,9,12). The van der Waals surface area contributed by atoms with Gasteiger partial charge in [0.1, 0.15) is 0 Å². The summed E-state index contributed by atoms with van der Waals surface area (Å²) >= 11 is 1.63. The second-order valence-corrected chi connectivity index (χ2v) is 3.71. The second-order valence-electron chi connectivity index (χ2n) is 2.65. The number of nitrogens with one attached hydrogen (secondary N) is 1. The molecule has 1 aliphatic heterocycles. The zero-order valence-electron chi connectivity index (χ0n) is 7.69. The third-order valence-electron chi connectivity index (χ3n) is 1.75. The van der Waals surface area contributed by atoms with Crippen molar-refractivity contribution < 1.29 is 9.53 Å². The van der Waals surface area contributed by atoms with Gasteiger partial charge in [-0.1, -0.05) is 11.8 Å². The molecule has 1 aromatic heterocycles. The fourth-order valence-corrected chi connectivity index (χ4v) is 2.06. The molecule has 6 nitrogen and oxygen atoms in total. The number of carbonyl (C=O) groups is 1. The molecule has 1 N–H and O–H groups in total. The maximum absolute atomic E-state index is 11.1. The Morgan fingerprint density at radius 2 is 2.57 bits per heavy atom. The first kappa shape index (κ1) is 9.32. The minimum Gasteiger partial charge on any atom is -0.450 e. The van der Waals surface area contributed by atoms with Gasteiger partial charge in [-0.15, -0.1) is 10.2 Å². The van der Waals surface area contributed by atoms with Gasteiger partial charge in [-0.25, -0.2) is 4.79 Å². The van der Waals surface area contributed by atoms with Gasteiger partial charge < -0.3 is 4.74 Å². The van der Waals surface area contributed by atoms with Gasteiger partial charge in [0, 0.05) is 12.3 Å². The first-order valence-corrected chi connectivity index (χ1v) is 5.29. The van der Waals surface area contributed by atoms with Crippen molar-refractivity contribution in [2.45, 2.75) is 18.6 Å². The lowest BCUT2D eigenvalue weighted by Crippen LogP contribution is -2.16. The molecule has 1 aliphatic rings. The van der Waals surface area contributed by atoms with Crippen LogP contribution in [0.15, 0.2) is 5.16 Å². The summed E-state index contributed by atoms with van der Waals surface area (Å²) in [6.45, 7) is 2.93. The quantitative estimate of drug-likeness (QED) is 0.793. The van der Waals surface area contributed by atoms with Crippen LogP contribution in [0.4, 0.5) is 10.7 Å². The number of carbonyl (C=O) groups excluding carboxylic acids is 1. The molecule has 7 heteroatoms. The molecule has 0 atom stereocenters. The Bertz CT molecular complexity index is 351. The van der Waals surface area contributed by atoms with E-state index in [1.165, 1.54) is 0 Å². The largest absolute Gasteiger partial charge is 0.450 e. The highest BCUT2D eigenvalue weighted by atomic mass is 32.2. The molecule has 0 saturated carbocycles. The highest BCUT2D eigenvalue weighted by Gasteiger charge is 2.19. The predicted molar refractivity (Wildman–Crippen MR) is 51.4 cm³/mol. The van der Waals surface area contributed by atoms with Crippen LogP contribution in [0.2, 0.25) is 0 Å². The van der Waals surface area contributed by atoms with Crippen molar-refractivity contribution >= 4 is 23.8 Å². The summed E-state index contributed by atoms with van der Waals surface area (Å²) < 4.78 is 6.60. The van der Waals surface area contributed by atoms with Gasteiger partial charge in [-0.05, 0) is 6.92 Å². The number of amides is 1. The number of nitrogens with zero attached hydrogens (tertiary/aromatic N) is 3. The predicted octanol–water partition coefficient (Wildman–Crippen LogP) is 0.952. The number of ether oxygens (including phenoxy) is 1. The number of hydrogen-bond donors (Lipinski definition) is 1. The molecule has 1 aromatic rings.